The van der Waals surface area contributed by atoms with E-state index in [1.807, 2.05) is 25.1 Å². The zero-order valence-corrected chi connectivity index (χ0v) is 14.2. The van der Waals surface area contributed by atoms with Gasteiger partial charge in [0.1, 0.15) is 6.10 Å². The van der Waals surface area contributed by atoms with Crippen LogP contribution in [0.25, 0.3) is 4.96 Å². The van der Waals surface area contributed by atoms with Crippen LogP contribution in [0.1, 0.15) is 24.3 Å². The quantitative estimate of drug-likeness (QED) is 0.731. The number of anilines is 1. The highest BCUT2D eigenvalue weighted by Gasteiger charge is 2.24. The van der Waals surface area contributed by atoms with Crippen molar-refractivity contribution in [3.8, 4) is 0 Å². The second kappa shape index (κ2) is 6.33. The van der Waals surface area contributed by atoms with E-state index in [4.69, 9.17) is 4.74 Å². The monoisotopic (exact) mass is 342 g/mol. The second-order valence-electron chi connectivity index (χ2n) is 5.73. The van der Waals surface area contributed by atoms with Crippen molar-refractivity contribution in [2.45, 2.75) is 19.4 Å². The van der Waals surface area contributed by atoms with Gasteiger partial charge in [-0.2, -0.15) is 4.52 Å². The van der Waals surface area contributed by atoms with Gasteiger partial charge in [-0.15, -0.1) is 5.10 Å². The normalized spacial score (nSPS) is 18.2. The average Bonchev–Trinajstić information content (AvgIpc) is 3.07. The molecule has 1 atom stereocenters. The van der Waals surface area contributed by atoms with Crippen molar-refractivity contribution in [1.29, 1.82) is 0 Å². The zero-order valence-electron chi connectivity index (χ0n) is 13.4. The van der Waals surface area contributed by atoms with Gasteiger partial charge in [-0.05, 0) is 12.0 Å². The smallest absolute Gasteiger partial charge is 0.275 e. The Bertz CT molecular complexity index is 906. The third-order valence-corrected chi connectivity index (χ3v) is 5.13. The molecule has 0 aliphatic carbocycles. The highest BCUT2D eigenvalue weighted by molar-refractivity contribution is 7.20. The second-order valence-corrected chi connectivity index (χ2v) is 6.67. The Labute approximate surface area is 143 Å². The number of hydrogen-bond acceptors (Lipinski definition) is 6. The molecule has 1 aliphatic heterocycles. The van der Waals surface area contributed by atoms with Crippen molar-refractivity contribution < 1.29 is 4.74 Å². The minimum atomic E-state index is -0.118. The number of aromatic nitrogens is 3. The standard InChI is InChI=1S/C17H18N4O2S/c1-2-13-10-15(22)21-16(18-13)24-17(19-21)20-8-9-23-14(11-20)12-6-4-3-5-7-12/h3-7,10,14H,2,8-9,11H2,1H3. The van der Waals surface area contributed by atoms with E-state index in [2.05, 4.69) is 27.1 Å². The first kappa shape index (κ1) is 15.3. The number of fused-ring (bicyclic) bond motifs is 1. The Kier molecular flexibility index (Phi) is 4.03. The van der Waals surface area contributed by atoms with Gasteiger partial charge < -0.3 is 9.64 Å². The molecular formula is C17H18N4O2S. The van der Waals surface area contributed by atoms with Crippen LogP contribution in [0.15, 0.2) is 41.2 Å². The van der Waals surface area contributed by atoms with E-state index in [0.29, 0.717) is 11.6 Å². The third kappa shape index (κ3) is 2.81. The van der Waals surface area contributed by atoms with Gasteiger partial charge in [-0.25, -0.2) is 4.98 Å². The molecule has 0 spiro atoms. The molecule has 1 saturated heterocycles. The summed E-state index contributed by atoms with van der Waals surface area (Å²) in [5.41, 5.74) is 1.85. The van der Waals surface area contributed by atoms with Crippen LogP contribution in [0.2, 0.25) is 0 Å². The number of ether oxygens (including phenoxy) is 1. The van der Waals surface area contributed by atoms with Crippen molar-refractivity contribution in [2.75, 3.05) is 24.6 Å². The molecular weight excluding hydrogens is 324 g/mol. The molecule has 6 nitrogen and oxygen atoms in total. The van der Waals surface area contributed by atoms with Gasteiger partial charge in [0.15, 0.2) is 0 Å². The molecule has 7 heteroatoms. The first-order valence-corrected chi connectivity index (χ1v) is 8.87. The lowest BCUT2D eigenvalue weighted by Crippen LogP contribution is -2.38. The maximum absolute atomic E-state index is 12.2. The lowest BCUT2D eigenvalue weighted by Gasteiger charge is -2.32. The summed E-state index contributed by atoms with van der Waals surface area (Å²) in [7, 11) is 0. The summed E-state index contributed by atoms with van der Waals surface area (Å²) < 4.78 is 7.30. The summed E-state index contributed by atoms with van der Waals surface area (Å²) in [6.07, 6.45) is 0.759. The van der Waals surface area contributed by atoms with Crippen LogP contribution >= 0.6 is 11.3 Å². The molecule has 4 rings (SSSR count). The molecule has 124 valence electrons. The minimum Gasteiger partial charge on any atom is -0.370 e. The van der Waals surface area contributed by atoms with Crippen LogP contribution in [-0.4, -0.2) is 34.3 Å². The van der Waals surface area contributed by atoms with Crippen molar-refractivity contribution >= 4 is 21.4 Å². The third-order valence-electron chi connectivity index (χ3n) is 4.16. The number of morpholine rings is 1. The molecule has 1 aromatic carbocycles. The van der Waals surface area contributed by atoms with E-state index < -0.39 is 0 Å². The van der Waals surface area contributed by atoms with E-state index in [9.17, 15) is 4.79 Å². The summed E-state index contributed by atoms with van der Waals surface area (Å²) in [4.78, 5) is 19.5. The zero-order chi connectivity index (χ0) is 16.5. The van der Waals surface area contributed by atoms with Crippen LogP contribution < -0.4 is 10.5 Å². The van der Waals surface area contributed by atoms with Crippen molar-refractivity contribution in [3.63, 3.8) is 0 Å². The molecule has 3 aromatic rings. The van der Waals surface area contributed by atoms with Gasteiger partial charge in [-0.1, -0.05) is 48.6 Å². The topological polar surface area (TPSA) is 59.7 Å². The molecule has 1 aliphatic rings. The lowest BCUT2D eigenvalue weighted by molar-refractivity contribution is 0.0397. The summed E-state index contributed by atoms with van der Waals surface area (Å²) in [6, 6.07) is 11.7. The first-order chi connectivity index (χ1) is 11.7. The number of benzene rings is 1. The van der Waals surface area contributed by atoms with Gasteiger partial charge >= 0.3 is 0 Å². The molecule has 0 bridgehead atoms. The van der Waals surface area contributed by atoms with Gasteiger partial charge in [0.25, 0.3) is 5.56 Å². The predicted molar refractivity (Wildman–Crippen MR) is 93.9 cm³/mol. The van der Waals surface area contributed by atoms with Gasteiger partial charge in [0.05, 0.1) is 13.2 Å². The van der Waals surface area contributed by atoms with E-state index in [1.165, 1.54) is 15.9 Å². The maximum Gasteiger partial charge on any atom is 0.275 e. The van der Waals surface area contributed by atoms with Crippen molar-refractivity contribution in [1.82, 2.24) is 14.6 Å². The first-order valence-electron chi connectivity index (χ1n) is 8.06. The van der Waals surface area contributed by atoms with Crippen LogP contribution in [0.5, 0.6) is 0 Å². The largest absolute Gasteiger partial charge is 0.370 e. The fourth-order valence-corrected chi connectivity index (χ4v) is 3.81. The predicted octanol–water partition coefficient (Wildman–Crippen LogP) is 2.29. The fraction of sp³-hybridized carbons (Fsp3) is 0.353. The van der Waals surface area contributed by atoms with Gasteiger partial charge in [0.2, 0.25) is 10.1 Å². The number of rotatable bonds is 3. The van der Waals surface area contributed by atoms with Crippen LogP contribution in [0, 0.1) is 0 Å². The van der Waals surface area contributed by atoms with E-state index in [-0.39, 0.29) is 11.7 Å². The Balaban J connectivity index is 1.64. The van der Waals surface area contributed by atoms with Gasteiger partial charge in [0, 0.05) is 18.3 Å². The Morgan fingerprint density at radius 1 is 1.33 bits per heavy atom. The SMILES string of the molecule is CCc1cc(=O)n2nc(N3CCOC(c4ccccc4)C3)sc2n1. The molecule has 0 saturated carbocycles. The molecule has 2 aromatic heterocycles. The van der Waals surface area contributed by atoms with E-state index in [0.717, 1.165) is 35.9 Å². The van der Waals surface area contributed by atoms with Gasteiger partial charge in [-0.3, -0.25) is 4.79 Å². The van der Waals surface area contributed by atoms with Crippen molar-refractivity contribution in [3.05, 3.63) is 58.0 Å². The van der Waals surface area contributed by atoms with E-state index >= 15 is 0 Å². The molecule has 1 fully saturated rings. The highest BCUT2D eigenvalue weighted by atomic mass is 32.1. The molecule has 24 heavy (non-hydrogen) atoms. The summed E-state index contributed by atoms with van der Waals surface area (Å²) >= 11 is 1.46. The van der Waals surface area contributed by atoms with Crippen molar-refractivity contribution in [2.24, 2.45) is 0 Å². The molecule has 3 heterocycles. The number of aryl methyl sites for hydroxylation is 1. The van der Waals surface area contributed by atoms with Crippen LogP contribution in [0.3, 0.4) is 0 Å². The highest BCUT2D eigenvalue weighted by Crippen LogP contribution is 2.28. The maximum atomic E-state index is 12.2. The van der Waals surface area contributed by atoms with Crippen LogP contribution in [0.4, 0.5) is 5.13 Å². The average molecular weight is 342 g/mol. The molecule has 1 unspecified atom stereocenters. The van der Waals surface area contributed by atoms with Crippen LogP contribution in [-0.2, 0) is 11.2 Å². The number of hydrogen-bond donors (Lipinski definition) is 0. The summed E-state index contributed by atoms with van der Waals surface area (Å²) in [6.45, 7) is 4.11. The molecule has 0 N–H and O–H groups in total. The summed E-state index contributed by atoms with van der Waals surface area (Å²) in [5.74, 6) is 0. The number of nitrogens with zero attached hydrogens (tertiary/aromatic N) is 4. The molecule has 0 amide bonds. The Morgan fingerprint density at radius 3 is 2.96 bits per heavy atom. The molecule has 0 radical (unpaired) electrons. The van der Waals surface area contributed by atoms with E-state index in [1.54, 1.807) is 6.07 Å². The Morgan fingerprint density at radius 2 is 2.17 bits per heavy atom. The lowest BCUT2D eigenvalue weighted by atomic mass is 10.1. The minimum absolute atomic E-state index is 0.0165. The summed E-state index contributed by atoms with van der Waals surface area (Å²) in [5, 5.41) is 5.29. The fourth-order valence-electron chi connectivity index (χ4n) is 2.85. The Hall–Kier alpha value is -2.25.